The van der Waals surface area contributed by atoms with Crippen LogP contribution in [0.25, 0.3) is 0 Å². The van der Waals surface area contributed by atoms with E-state index in [1.165, 1.54) is 4.90 Å². The highest BCUT2D eigenvalue weighted by atomic mass is 16.4. The van der Waals surface area contributed by atoms with E-state index in [1.54, 1.807) is 6.92 Å². The van der Waals surface area contributed by atoms with E-state index in [-0.39, 0.29) is 43.6 Å². The first-order chi connectivity index (χ1) is 25.6. The van der Waals surface area contributed by atoms with Crippen molar-refractivity contribution in [3.8, 4) is 0 Å². The lowest BCUT2D eigenvalue weighted by Crippen LogP contribution is -2.60. The van der Waals surface area contributed by atoms with Gasteiger partial charge in [0.2, 0.25) is 29.5 Å². The molecule has 1 aliphatic rings. The third kappa shape index (κ3) is 13.3. The van der Waals surface area contributed by atoms with E-state index in [1.807, 2.05) is 95.3 Å². The SMILES string of the molecule is CC[C@H](C)[C@H](NC(=O)[C@@H](CC(C)C)NC(=O)[C@H](Cc1ccccc1)NC(=O)[C@@H]1CCCN1C(=O)[C@@H](Cc1ccccc1)NC(=O)[C@@H](N)CC(C)C)C(=O)O. The highest BCUT2D eigenvalue weighted by Crippen LogP contribution is 2.21. The molecule has 0 aromatic heterocycles. The summed E-state index contributed by atoms with van der Waals surface area (Å²) in [5, 5.41) is 20.9. The second kappa shape index (κ2) is 21.2. The molecule has 7 N–H and O–H groups in total. The van der Waals surface area contributed by atoms with Crippen molar-refractivity contribution in [2.24, 2.45) is 23.5 Å². The van der Waals surface area contributed by atoms with Crippen LogP contribution in [0.15, 0.2) is 60.7 Å². The van der Waals surface area contributed by atoms with Gasteiger partial charge in [-0.2, -0.15) is 0 Å². The Morgan fingerprint density at radius 1 is 0.722 bits per heavy atom. The van der Waals surface area contributed by atoms with E-state index >= 15 is 0 Å². The van der Waals surface area contributed by atoms with Crippen LogP contribution < -0.4 is 27.0 Å². The lowest BCUT2D eigenvalue weighted by atomic mass is 9.97. The molecule has 1 heterocycles. The number of aliphatic carboxylic acids is 1. The summed E-state index contributed by atoms with van der Waals surface area (Å²) >= 11 is 0. The van der Waals surface area contributed by atoms with Crippen LogP contribution in [0.3, 0.4) is 0 Å². The summed E-state index contributed by atoms with van der Waals surface area (Å²) in [5.41, 5.74) is 7.76. The molecule has 0 bridgehead atoms. The highest BCUT2D eigenvalue weighted by molar-refractivity contribution is 5.96. The molecule has 1 aliphatic heterocycles. The Kier molecular flexibility index (Phi) is 17.1. The molecule has 0 aliphatic carbocycles. The number of carbonyl (C=O) groups is 6. The molecule has 0 spiro atoms. The fourth-order valence-electron chi connectivity index (χ4n) is 6.69. The largest absolute Gasteiger partial charge is 0.480 e. The number of likely N-dealkylation sites (tertiary alicyclic amines) is 1. The van der Waals surface area contributed by atoms with Crippen LogP contribution in [-0.4, -0.2) is 88.3 Å². The van der Waals surface area contributed by atoms with E-state index < -0.39 is 71.8 Å². The van der Waals surface area contributed by atoms with Gasteiger partial charge in [-0.15, -0.1) is 0 Å². The Balaban J connectivity index is 1.86. The van der Waals surface area contributed by atoms with Crippen molar-refractivity contribution in [3.05, 3.63) is 71.8 Å². The quantitative estimate of drug-likeness (QED) is 0.119. The van der Waals surface area contributed by atoms with Gasteiger partial charge in [0.05, 0.1) is 6.04 Å². The molecule has 0 unspecified atom stereocenters. The predicted molar refractivity (Wildman–Crippen MR) is 207 cm³/mol. The Bertz CT molecular complexity index is 1550. The molecular weight excluding hydrogens is 688 g/mol. The number of hydrogen-bond donors (Lipinski definition) is 6. The van der Waals surface area contributed by atoms with Gasteiger partial charge < -0.3 is 37.0 Å². The summed E-state index contributed by atoms with van der Waals surface area (Å²) in [6.07, 6.45) is 2.38. The summed E-state index contributed by atoms with van der Waals surface area (Å²) in [4.78, 5) is 82.4. The average Bonchev–Trinajstić information content (AvgIpc) is 3.63. The minimum atomic E-state index is -1.17. The molecule has 13 nitrogen and oxygen atoms in total. The van der Waals surface area contributed by atoms with Crippen LogP contribution in [0.5, 0.6) is 0 Å². The number of carboxylic acid groups (broad SMARTS) is 1. The standard InChI is InChI=1S/C41H60N6O7/c1-7-27(6)35(41(53)54)46-38(50)31(22-26(4)5)43-37(49)32(23-28-15-10-8-11-16-28)44-39(51)34-19-14-20-47(34)40(52)33(24-29-17-12-9-13-18-29)45-36(48)30(42)21-25(2)3/h8-13,15-18,25-27,30-35H,7,14,19-24,42H2,1-6H3,(H,43,49)(H,44,51)(H,45,48)(H,46,50)(H,53,54)/t27-,30-,31+,32-,33+,34-,35-/m0/s1. The van der Waals surface area contributed by atoms with E-state index in [0.717, 1.165) is 11.1 Å². The van der Waals surface area contributed by atoms with Crippen molar-refractivity contribution in [2.75, 3.05) is 6.54 Å². The van der Waals surface area contributed by atoms with Crippen LogP contribution >= 0.6 is 0 Å². The number of nitrogens with zero attached hydrogens (tertiary/aromatic N) is 1. The first-order valence-corrected chi connectivity index (χ1v) is 19.2. The zero-order valence-corrected chi connectivity index (χ0v) is 32.5. The fourth-order valence-corrected chi connectivity index (χ4v) is 6.69. The van der Waals surface area contributed by atoms with Gasteiger partial charge in [0.15, 0.2) is 0 Å². The molecule has 5 amide bonds. The second-order valence-corrected chi connectivity index (χ2v) is 15.3. The molecular formula is C41H60N6O7. The molecule has 0 saturated carbocycles. The number of rotatable bonds is 20. The number of amides is 5. The lowest BCUT2D eigenvalue weighted by molar-refractivity contribution is -0.144. The van der Waals surface area contributed by atoms with Gasteiger partial charge in [0, 0.05) is 19.4 Å². The van der Waals surface area contributed by atoms with Crippen LogP contribution in [-0.2, 0) is 41.6 Å². The molecule has 13 heteroatoms. The zero-order valence-electron chi connectivity index (χ0n) is 32.5. The van der Waals surface area contributed by atoms with Crippen molar-refractivity contribution < 1.29 is 33.9 Å². The van der Waals surface area contributed by atoms with E-state index in [2.05, 4.69) is 21.3 Å². The highest BCUT2D eigenvalue weighted by Gasteiger charge is 2.40. The third-order valence-corrected chi connectivity index (χ3v) is 9.83. The van der Waals surface area contributed by atoms with Crippen molar-refractivity contribution in [1.82, 2.24) is 26.2 Å². The maximum Gasteiger partial charge on any atom is 0.326 e. The third-order valence-electron chi connectivity index (χ3n) is 9.83. The molecule has 2 aromatic carbocycles. The van der Waals surface area contributed by atoms with Gasteiger partial charge in [-0.05, 0) is 54.6 Å². The first-order valence-electron chi connectivity index (χ1n) is 19.2. The number of hydrogen-bond acceptors (Lipinski definition) is 7. The maximum atomic E-state index is 14.2. The van der Waals surface area contributed by atoms with Crippen LogP contribution in [0.4, 0.5) is 0 Å². The van der Waals surface area contributed by atoms with Gasteiger partial charge in [0.25, 0.3) is 0 Å². The predicted octanol–water partition coefficient (Wildman–Crippen LogP) is 2.95. The minimum Gasteiger partial charge on any atom is -0.480 e. The van der Waals surface area contributed by atoms with Gasteiger partial charge in [0.1, 0.15) is 30.2 Å². The summed E-state index contributed by atoms with van der Waals surface area (Å²) in [6, 6.07) is 12.3. The number of nitrogens with one attached hydrogen (secondary N) is 4. The van der Waals surface area contributed by atoms with E-state index in [9.17, 15) is 33.9 Å². The molecule has 3 rings (SSSR count). The molecule has 1 saturated heterocycles. The average molecular weight is 749 g/mol. The molecule has 296 valence electrons. The number of benzene rings is 2. The minimum absolute atomic E-state index is 0.0302. The summed E-state index contributed by atoms with van der Waals surface area (Å²) < 4.78 is 0. The van der Waals surface area contributed by atoms with Crippen LogP contribution in [0.1, 0.15) is 84.8 Å². The van der Waals surface area contributed by atoms with Crippen LogP contribution in [0.2, 0.25) is 0 Å². The molecule has 54 heavy (non-hydrogen) atoms. The topological polar surface area (TPSA) is 200 Å². The van der Waals surface area contributed by atoms with Crippen LogP contribution in [0, 0.1) is 17.8 Å². The summed E-state index contributed by atoms with van der Waals surface area (Å²) in [6.45, 7) is 11.5. The number of carbonyl (C=O) groups excluding carboxylic acids is 5. The molecule has 1 fully saturated rings. The van der Waals surface area contributed by atoms with Gasteiger partial charge in [-0.1, -0.05) is 109 Å². The maximum absolute atomic E-state index is 14.2. The number of nitrogens with two attached hydrogens (primary N) is 1. The Labute approximate surface area is 319 Å². The lowest BCUT2D eigenvalue weighted by Gasteiger charge is -2.31. The Morgan fingerprint density at radius 2 is 1.24 bits per heavy atom. The van der Waals surface area contributed by atoms with Crippen molar-refractivity contribution >= 4 is 35.5 Å². The van der Waals surface area contributed by atoms with Gasteiger partial charge >= 0.3 is 5.97 Å². The van der Waals surface area contributed by atoms with Crippen molar-refractivity contribution in [1.29, 1.82) is 0 Å². The fraction of sp³-hybridized carbons (Fsp3) is 0.561. The molecule has 7 atom stereocenters. The van der Waals surface area contributed by atoms with E-state index in [0.29, 0.717) is 25.7 Å². The monoisotopic (exact) mass is 748 g/mol. The first kappa shape index (κ1) is 43.6. The van der Waals surface area contributed by atoms with Gasteiger partial charge in [-0.3, -0.25) is 24.0 Å². The summed E-state index contributed by atoms with van der Waals surface area (Å²) in [5.74, 6) is -4.02. The van der Waals surface area contributed by atoms with Crippen molar-refractivity contribution in [2.45, 2.75) is 123 Å². The smallest absolute Gasteiger partial charge is 0.326 e. The van der Waals surface area contributed by atoms with Crippen molar-refractivity contribution in [3.63, 3.8) is 0 Å². The Hall–Kier alpha value is -4.78. The summed E-state index contributed by atoms with van der Waals surface area (Å²) in [7, 11) is 0. The Morgan fingerprint density at radius 3 is 1.76 bits per heavy atom. The normalized spacial score (nSPS) is 17.5. The van der Waals surface area contributed by atoms with Gasteiger partial charge in [-0.25, -0.2) is 4.79 Å². The molecule has 2 aromatic rings. The second-order valence-electron chi connectivity index (χ2n) is 15.3. The number of carboxylic acids is 1. The van der Waals surface area contributed by atoms with E-state index in [4.69, 9.17) is 5.73 Å². The molecule has 0 radical (unpaired) electrons. The zero-order chi connectivity index (χ0) is 39.9.